The van der Waals surface area contributed by atoms with Crippen LogP contribution in [0.25, 0.3) is 0 Å². The molecule has 0 saturated heterocycles. The van der Waals surface area contributed by atoms with E-state index < -0.39 is 17.8 Å². The summed E-state index contributed by atoms with van der Waals surface area (Å²) in [5, 5.41) is 4.50. The number of hydrogen-bond acceptors (Lipinski definition) is 5. The van der Waals surface area contributed by atoms with Crippen molar-refractivity contribution in [1.29, 1.82) is 0 Å². The molecule has 0 aliphatic carbocycles. The molecule has 3 rings (SSSR count). The molecule has 0 N–H and O–H groups in total. The van der Waals surface area contributed by atoms with E-state index in [1.807, 2.05) is 6.92 Å². The van der Waals surface area contributed by atoms with Gasteiger partial charge < -0.3 is 4.84 Å². The zero-order chi connectivity index (χ0) is 15.7. The average molecular weight is 299 g/mol. The summed E-state index contributed by atoms with van der Waals surface area (Å²) in [7, 11) is 0. The number of benzene rings is 1. The molecule has 1 aromatic heterocycles. The normalized spacial score (nSPS) is 13.4. The number of fused-ring (bicyclic) bond motifs is 1. The van der Waals surface area contributed by atoms with E-state index >= 15 is 0 Å². The largest absolute Gasteiger partial charge is 0.367 e. The summed E-state index contributed by atoms with van der Waals surface area (Å²) in [5.41, 5.74) is 0.633. The second kappa shape index (κ2) is 5.44. The average Bonchev–Trinajstić information content (AvgIpc) is 3.08. The number of carbonyl (C=O) groups excluding carboxylic acids is 3. The molecule has 2 heterocycles. The first kappa shape index (κ1) is 14.0. The lowest BCUT2D eigenvalue weighted by molar-refractivity contribution is -0.0584. The molecule has 0 saturated carbocycles. The maximum absolute atomic E-state index is 12.1. The van der Waals surface area contributed by atoms with E-state index in [0.29, 0.717) is 11.6 Å². The van der Waals surface area contributed by atoms with Gasteiger partial charge in [-0.1, -0.05) is 24.1 Å². The van der Waals surface area contributed by atoms with Crippen LogP contribution < -0.4 is 0 Å². The summed E-state index contributed by atoms with van der Waals surface area (Å²) < 4.78 is 1.60. The van der Waals surface area contributed by atoms with Gasteiger partial charge in [0.1, 0.15) is 0 Å². The van der Waals surface area contributed by atoms with Gasteiger partial charge in [0, 0.05) is 12.7 Å². The van der Waals surface area contributed by atoms with Crippen LogP contribution in [-0.4, -0.2) is 32.6 Å². The minimum Gasteiger partial charge on any atom is -0.324 e. The predicted molar refractivity (Wildman–Crippen MR) is 74.9 cm³/mol. The van der Waals surface area contributed by atoms with Crippen LogP contribution in [0, 0.1) is 0 Å². The Labute approximate surface area is 126 Å². The number of nitrogens with zero attached hydrogens (tertiary/aromatic N) is 3. The van der Waals surface area contributed by atoms with Gasteiger partial charge in [0.05, 0.1) is 22.9 Å². The first-order valence-corrected chi connectivity index (χ1v) is 6.84. The van der Waals surface area contributed by atoms with Gasteiger partial charge in [0.15, 0.2) is 0 Å². The third kappa shape index (κ3) is 2.26. The highest BCUT2D eigenvalue weighted by molar-refractivity contribution is 6.21. The van der Waals surface area contributed by atoms with Crippen LogP contribution in [-0.2, 0) is 11.4 Å². The van der Waals surface area contributed by atoms with E-state index in [1.54, 1.807) is 16.8 Å². The lowest BCUT2D eigenvalue weighted by atomic mass is 10.1. The Morgan fingerprint density at radius 2 is 1.82 bits per heavy atom. The molecule has 0 spiro atoms. The molecule has 0 fully saturated rings. The number of aromatic nitrogens is 2. The molecule has 2 aromatic rings. The number of rotatable bonds is 4. The fraction of sp³-hybridized carbons (Fsp3) is 0.200. The van der Waals surface area contributed by atoms with Crippen LogP contribution in [0.15, 0.2) is 36.7 Å². The summed E-state index contributed by atoms with van der Waals surface area (Å²) in [6, 6.07) is 6.32. The van der Waals surface area contributed by atoms with Crippen LogP contribution >= 0.6 is 0 Å². The molecule has 22 heavy (non-hydrogen) atoms. The van der Waals surface area contributed by atoms with Gasteiger partial charge in [-0.3, -0.25) is 14.3 Å². The summed E-state index contributed by atoms with van der Waals surface area (Å²) >= 11 is 0. The molecule has 0 unspecified atom stereocenters. The van der Waals surface area contributed by atoms with Crippen molar-refractivity contribution < 1.29 is 19.2 Å². The minimum absolute atomic E-state index is 0.185. The Hall–Kier alpha value is -2.96. The smallest absolute Gasteiger partial charge is 0.324 e. The highest BCUT2D eigenvalue weighted by Gasteiger charge is 2.38. The zero-order valence-electron chi connectivity index (χ0n) is 11.9. The second-order valence-electron chi connectivity index (χ2n) is 4.82. The summed E-state index contributed by atoms with van der Waals surface area (Å²) in [5.74, 6) is -2.08. The molecule has 2 amide bonds. The van der Waals surface area contributed by atoms with Crippen molar-refractivity contribution in [2.75, 3.05) is 0 Å². The second-order valence-corrected chi connectivity index (χ2v) is 4.82. The van der Waals surface area contributed by atoms with Gasteiger partial charge in [-0.15, -0.1) is 0 Å². The van der Waals surface area contributed by atoms with Crippen molar-refractivity contribution in [3.8, 4) is 0 Å². The Bertz CT molecular complexity index is 731. The van der Waals surface area contributed by atoms with E-state index in [1.165, 1.54) is 24.5 Å². The predicted octanol–water partition coefficient (Wildman–Crippen LogP) is 1.66. The maximum atomic E-state index is 12.1. The highest BCUT2D eigenvalue weighted by atomic mass is 16.7. The fourth-order valence-corrected chi connectivity index (χ4v) is 2.21. The topological polar surface area (TPSA) is 81.5 Å². The lowest BCUT2D eigenvalue weighted by Crippen LogP contribution is -2.32. The highest BCUT2D eigenvalue weighted by Crippen LogP contribution is 2.23. The SMILES string of the molecule is CCCn1cc(C(=O)ON2C(=O)c3ccccc3C2=O)cn1. The molecule has 0 bridgehead atoms. The van der Waals surface area contributed by atoms with E-state index in [-0.39, 0.29) is 16.7 Å². The van der Waals surface area contributed by atoms with Crippen LogP contribution in [0.4, 0.5) is 0 Å². The van der Waals surface area contributed by atoms with Crippen molar-refractivity contribution in [2.45, 2.75) is 19.9 Å². The molecular formula is C15H13N3O4. The molecule has 1 aromatic carbocycles. The van der Waals surface area contributed by atoms with Gasteiger partial charge in [-0.05, 0) is 18.6 Å². The minimum atomic E-state index is -0.795. The Morgan fingerprint density at radius 1 is 1.18 bits per heavy atom. The zero-order valence-corrected chi connectivity index (χ0v) is 11.9. The summed E-state index contributed by atoms with van der Waals surface area (Å²) in [6.45, 7) is 2.65. The Morgan fingerprint density at radius 3 is 2.41 bits per heavy atom. The third-order valence-electron chi connectivity index (χ3n) is 3.25. The van der Waals surface area contributed by atoms with Gasteiger partial charge >= 0.3 is 5.97 Å². The Balaban J connectivity index is 1.77. The summed E-state index contributed by atoms with van der Waals surface area (Å²) in [4.78, 5) is 41.2. The molecule has 0 radical (unpaired) electrons. The number of hydroxylamine groups is 2. The van der Waals surface area contributed by atoms with Crippen molar-refractivity contribution in [1.82, 2.24) is 14.8 Å². The lowest BCUT2D eigenvalue weighted by Gasteiger charge is -2.11. The van der Waals surface area contributed by atoms with Gasteiger partial charge in [0.2, 0.25) is 0 Å². The maximum Gasteiger partial charge on any atom is 0.367 e. The van der Waals surface area contributed by atoms with Crippen molar-refractivity contribution in [3.05, 3.63) is 53.3 Å². The van der Waals surface area contributed by atoms with E-state index in [0.717, 1.165) is 6.42 Å². The standard InChI is InChI=1S/C15H13N3O4/c1-2-7-17-9-10(8-16-17)15(21)22-18-13(19)11-5-3-4-6-12(11)14(18)20/h3-6,8-9H,2,7H2,1H3. The van der Waals surface area contributed by atoms with Crippen molar-refractivity contribution >= 4 is 17.8 Å². The van der Waals surface area contributed by atoms with Crippen LogP contribution in [0.2, 0.25) is 0 Å². The molecule has 1 aliphatic rings. The first-order chi connectivity index (χ1) is 10.6. The number of carbonyl (C=O) groups is 3. The third-order valence-corrected chi connectivity index (χ3v) is 3.25. The van der Waals surface area contributed by atoms with Gasteiger partial charge in [0.25, 0.3) is 11.8 Å². The molecule has 7 heteroatoms. The van der Waals surface area contributed by atoms with E-state index in [9.17, 15) is 14.4 Å². The quantitative estimate of drug-likeness (QED) is 0.802. The number of aryl methyl sites for hydroxylation is 1. The van der Waals surface area contributed by atoms with Gasteiger partial charge in [-0.2, -0.15) is 5.10 Å². The van der Waals surface area contributed by atoms with Gasteiger partial charge in [-0.25, -0.2) is 4.79 Å². The first-order valence-electron chi connectivity index (χ1n) is 6.84. The number of imide groups is 1. The molecule has 0 atom stereocenters. The van der Waals surface area contributed by atoms with Crippen LogP contribution in [0.5, 0.6) is 0 Å². The molecule has 7 nitrogen and oxygen atoms in total. The van der Waals surface area contributed by atoms with Crippen LogP contribution in [0.3, 0.4) is 0 Å². The number of amides is 2. The molecular weight excluding hydrogens is 286 g/mol. The van der Waals surface area contributed by atoms with Crippen molar-refractivity contribution in [3.63, 3.8) is 0 Å². The molecule has 1 aliphatic heterocycles. The molecule has 112 valence electrons. The fourth-order valence-electron chi connectivity index (χ4n) is 2.21. The van der Waals surface area contributed by atoms with E-state index in [2.05, 4.69) is 5.10 Å². The van der Waals surface area contributed by atoms with E-state index in [4.69, 9.17) is 4.84 Å². The summed E-state index contributed by atoms with van der Waals surface area (Å²) in [6.07, 6.45) is 3.73. The Kier molecular flexibility index (Phi) is 3.46. The monoisotopic (exact) mass is 299 g/mol. The number of hydrogen-bond donors (Lipinski definition) is 0. The van der Waals surface area contributed by atoms with Crippen LogP contribution in [0.1, 0.15) is 44.4 Å². The van der Waals surface area contributed by atoms with Crippen molar-refractivity contribution in [2.24, 2.45) is 0 Å².